The Labute approximate surface area is 91.5 Å². The summed E-state index contributed by atoms with van der Waals surface area (Å²) >= 11 is 0. The molecule has 0 aromatic carbocycles. The first-order valence-corrected chi connectivity index (χ1v) is 5.33. The maximum absolute atomic E-state index is 10.6. The van der Waals surface area contributed by atoms with Crippen molar-refractivity contribution in [3.63, 3.8) is 0 Å². The molecule has 1 heterocycles. The van der Waals surface area contributed by atoms with Gasteiger partial charge in [0.25, 0.3) is 0 Å². The lowest BCUT2D eigenvalue weighted by Gasteiger charge is -2.13. The van der Waals surface area contributed by atoms with Gasteiger partial charge in [-0.25, -0.2) is 0 Å². The lowest BCUT2D eigenvalue weighted by Crippen LogP contribution is -2.12. The van der Waals surface area contributed by atoms with Gasteiger partial charge in [0.05, 0.1) is 5.69 Å². The Kier molecular flexibility index (Phi) is 3.32. The number of nitrogens with zero attached hydrogens (tertiary/aromatic N) is 2. The topological polar surface area (TPSA) is 34.9 Å². The molecule has 1 aromatic heterocycles. The molecule has 0 bridgehead atoms. The summed E-state index contributed by atoms with van der Waals surface area (Å²) in [5, 5.41) is 4.47. The van der Waals surface area contributed by atoms with Crippen molar-refractivity contribution in [2.24, 2.45) is 13.0 Å². The number of carbonyl (C=O) groups excluding carboxylic acids is 1. The number of rotatable bonds is 3. The van der Waals surface area contributed by atoms with E-state index in [9.17, 15) is 4.79 Å². The summed E-state index contributed by atoms with van der Waals surface area (Å²) in [5.74, 6) is 0.0632. The molecule has 0 aliphatic heterocycles. The van der Waals surface area contributed by atoms with Gasteiger partial charge < -0.3 is 4.79 Å². The highest BCUT2D eigenvalue weighted by atomic mass is 16.1. The third-order valence-corrected chi connectivity index (χ3v) is 2.51. The van der Waals surface area contributed by atoms with Crippen molar-refractivity contribution >= 4 is 6.29 Å². The molecule has 0 aliphatic rings. The van der Waals surface area contributed by atoms with Crippen LogP contribution in [0.1, 0.15) is 39.1 Å². The van der Waals surface area contributed by atoms with Crippen LogP contribution in [0, 0.1) is 5.92 Å². The van der Waals surface area contributed by atoms with Crippen LogP contribution in [-0.4, -0.2) is 16.1 Å². The Morgan fingerprint density at radius 1 is 1.53 bits per heavy atom. The van der Waals surface area contributed by atoms with Crippen molar-refractivity contribution < 1.29 is 4.79 Å². The molecule has 3 heteroatoms. The van der Waals surface area contributed by atoms with Crippen LogP contribution in [0.5, 0.6) is 0 Å². The molecule has 0 radical (unpaired) electrons. The summed E-state index contributed by atoms with van der Waals surface area (Å²) in [7, 11) is 1.93. The van der Waals surface area contributed by atoms with E-state index in [2.05, 4.69) is 31.9 Å². The predicted octanol–water partition coefficient (Wildman–Crippen LogP) is 2.10. The fraction of sp³-hybridized carbons (Fsp3) is 0.667. The van der Waals surface area contributed by atoms with E-state index in [1.54, 1.807) is 0 Å². The van der Waals surface area contributed by atoms with Gasteiger partial charge in [-0.2, -0.15) is 5.10 Å². The lowest BCUT2D eigenvalue weighted by molar-refractivity contribution is -0.110. The average molecular weight is 208 g/mol. The van der Waals surface area contributed by atoms with Crippen LogP contribution in [0.15, 0.2) is 6.07 Å². The summed E-state index contributed by atoms with van der Waals surface area (Å²) in [6, 6.07) is 2.10. The molecule has 0 saturated carbocycles. The number of hydrogen-bond donors (Lipinski definition) is 0. The Bertz CT molecular complexity index is 347. The van der Waals surface area contributed by atoms with E-state index in [1.165, 1.54) is 0 Å². The van der Waals surface area contributed by atoms with Crippen molar-refractivity contribution in [1.82, 2.24) is 9.78 Å². The molecule has 1 rings (SSSR count). The van der Waals surface area contributed by atoms with E-state index in [1.807, 2.05) is 18.7 Å². The Balaban J connectivity index is 2.92. The zero-order valence-electron chi connectivity index (χ0n) is 10.2. The minimum absolute atomic E-state index is 0.0632. The molecule has 1 atom stereocenters. The standard InChI is InChI=1S/C12H20N2O/c1-9(8-15)6-10-7-11(12(2,3)4)13-14(10)5/h7-9H,6H2,1-5H3. The van der Waals surface area contributed by atoms with Crippen molar-refractivity contribution in [3.05, 3.63) is 17.5 Å². The van der Waals surface area contributed by atoms with Gasteiger partial charge in [-0.3, -0.25) is 4.68 Å². The molecule has 15 heavy (non-hydrogen) atoms. The van der Waals surface area contributed by atoms with Gasteiger partial charge in [-0.05, 0) is 12.5 Å². The summed E-state index contributed by atoms with van der Waals surface area (Å²) in [5.41, 5.74) is 2.28. The maximum atomic E-state index is 10.6. The van der Waals surface area contributed by atoms with E-state index in [-0.39, 0.29) is 11.3 Å². The molecule has 0 saturated heterocycles. The van der Waals surface area contributed by atoms with Crippen molar-refractivity contribution in [1.29, 1.82) is 0 Å². The van der Waals surface area contributed by atoms with Crippen molar-refractivity contribution in [2.45, 2.75) is 39.5 Å². The van der Waals surface area contributed by atoms with E-state index in [0.29, 0.717) is 0 Å². The van der Waals surface area contributed by atoms with Crippen LogP contribution in [0.4, 0.5) is 0 Å². The average Bonchev–Trinajstić information content (AvgIpc) is 2.47. The number of carbonyl (C=O) groups is 1. The molecular formula is C12H20N2O. The quantitative estimate of drug-likeness (QED) is 0.713. The van der Waals surface area contributed by atoms with E-state index in [4.69, 9.17) is 0 Å². The fourth-order valence-electron chi connectivity index (χ4n) is 1.44. The smallest absolute Gasteiger partial charge is 0.123 e. The van der Waals surface area contributed by atoms with Crippen LogP contribution in [0.25, 0.3) is 0 Å². The molecule has 0 spiro atoms. The first-order chi connectivity index (χ1) is 6.84. The lowest BCUT2D eigenvalue weighted by atomic mass is 9.92. The molecule has 1 aromatic rings. The zero-order valence-corrected chi connectivity index (χ0v) is 10.2. The van der Waals surface area contributed by atoms with Gasteiger partial charge in [0.15, 0.2) is 0 Å². The van der Waals surface area contributed by atoms with Gasteiger partial charge in [-0.1, -0.05) is 27.7 Å². The summed E-state index contributed by atoms with van der Waals surface area (Å²) in [6.45, 7) is 8.35. The predicted molar refractivity (Wildman–Crippen MR) is 60.8 cm³/mol. The monoisotopic (exact) mass is 208 g/mol. The van der Waals surface area contributed by atoms with Gasteiger partial charge in [0.2, 0.25) is 0 Å². The highest BCUT2D eigenvalue weighted by Gasteiger charge is 2.19. The van der Waals surface area contributed by atoms with E-state index < -0.39 is 0 Å². The molecule has 0 N–H and O–H groups in total. The number of aromatic nitrogens is 2. The first kappa shape index (κ1) is 12.0. The van der Waals surface area contributed by atoms with Crippen molar-refractivity contribution in [3.8, 4) is 0 Å². The molecule has 3 nitrogen and oxygen atoms in total. The van der Waals surface area contributed by atoms with Gasteiger partial charge >= 0.3 is 0 Å². The minimum Gasteiger partial charge on any atom is -0.303 e. The third-order valence-electron chi connectivity index (χ3n) is 2.51. The van der Waals surface area contributed by atoms with E-state index in [0.717, 1.165) is 24.1 Å². The summed E-state index contributed by atoms with van der Waals surface area (Å²) in [6.07, 6.45) is 1.76. The third kappa shape index (κ3) is 2.91. The second-order valence-corrected chi connectivity index (χ2v) is 5.21. The Hall–Kier alpha value is -1.12. The summed E-state index contributed by atoms with van der Waals surface area (Å²) < 4.78 is 1.88. The van der Waals surface area contributed by atoms with Gasteiger partial charge in [0, 0.05) is 24.1 Å². The van der Waals surface area contributed by atoms with Crippen molar-refractivity contribution in [2.75, 3.05) is 0 Å². The largest absolute Gasteiger partial charge is 0.303 e. The maximum Gasteiger partial charge on any atom is 0.123 e. The SMILES string of the molecule is CC(C=O)Cc1cc(C(C)(C)C)nn1C. The summed E-state index contributed by atoms with van der Waals surface area (Å²) in [4.78, 5) is 10.6. The molecule has 0 aliphatic carbocycles. The Morgan fingerprint density at radius 3 is 2.53 bits per heavy atom. The molecule has 0 fully saturated rings. The molecule has 84 valence electrons. The van der Waals surface area contributed by atoms with E-state index >= 15 is 0 Å². The zero-order chi connectivity index (χ0) is 11.6. The first-order valence-electron chi connectivity index (χ1n) is 5.33. The van der Waals surface area contributed by atoms with Crippen LogP contribution in [0.2, 0.25) is 0 Å². The molecule has 0 amide bonds. The molecular weight excluding hydrogens is 188 g/mol. The highest BCUT2D eigenvalue weighted by molar-refractivity contribution is 5.53. The fourth-order valence-corrected chi connectivity index (χ4v) is 1.44. The Morgan fingerprint density at radius 2 is 2.13 bits per heavy atom. The van der Waals surface area contributed by atoms with Crippen LogP contribution in [-0.2, 0) is 23.7 Å². The minimum atomic E-state index is 0.0632. The molecule has 1 unspecified atom stereocenters. The normalized spacial score (nSPS) is 13.9. The van der Waals surface area contributed by atoms with Crippen LogP contribution >= 0.6 is 0 Å². The number of aryl methyl sites for hydroxylation is 1. The second-order valence-electron chi connectivity index (χ2n) is 5.21. The second kappa shape index (κ2) is 4.17. The van der Waals surface area contributed by atoms with Crippen LogP contribution < -0.4 is 0 Å². The number of aldehydes is 1. The van der Waals surface area contributed by atoms with Crippen LogP contribution in [0.3, 0.4) is 0 Å². The number of hydrogen-bond acceptors (Lipinski definition) is 2. The van der Waals surface area contributed by atoms with Gasteiger partial charge in [0.1, 0.15) is 6.29 Å². The van der Waals surface area contributed by atoms with Gasteiger partial charge in [-0.15, -0.1) is 0 Å². The highest BCUT2D eigenvalue weighted by Crippen LogP contribution is 2.22.